The molecule has 0 aliphatic carbocycles. The van der Waals surface area contributed by atoms with E-state index in [9.17, 15) is 9.59 Å². The molecule has 0 atom stereocenters. The van der Waals surface area contributed by atoms with Gasteiger partial charge in [0, 0.05) is 23.2 Å². The fraction of sp³-hybridized carbons (Fsp3) is 0.190. The molecule has 2 N–H and O–H groups in total. The second kappa shape index (κ2) is 9.25. The fourth-order valence-electron chi connectivity index (χ4n) is 2.69. The van der Waals surface area contributed by atoms with Crippen LogP contribution >= 0.6 is 11.3 Å². The van der Waals surface area contributed by atoms with Gasteiger partial charge in [-0.3, -0.25) is 14.9 Å². The van der Waals surface area contributed by atoms with Crippen molar-refractivity contribution in [3.8, 4) is 0 Å². The molecule has 0 saturated heterocycles. The third-order valence-electron chi connectivity index (χ3n) is 3.86. The van der Waals surface area contributed by atoms with E-state index >= 15 is 0 Å². The van der Waals surface area contributed by atoms with Gasteiger partial charge in [0.2, 0.25) is 5.91 Å². The Hall–Kier alpha value is -3.03. The van der Waals surface area contributed by atoms with Gasteiger partial charge in [-0.2, -0.15) is 0 Å². The predicted molar refractivity (Wildman–Crippen MR) is 113 cm³/mol. The average Bonchev–Trinajstić information content (AvgIpc) is 3.08. The zero-order chi connectivity index (χ0) is 19.9. The van der Waals surface area contributed by atoms with Gasteiger partial charge in [0.1, 0.15) is 0 Å². The third-order valence-corrected chi connectivity index (χ3v) is 4.67. The van der Waals surface area contributed by atoms with Gasteiger partial charge in [-0.25, -0.2) is 4.98 Å². The maximum Gasteiger partial charge on any atom is 0.257 e. The number of amides is 2. The van der Waals surface area contributed by atoms with Crippen LogP contribution in [-0.2, 0) is 17.8 Å². The maximum absolute atomic E-state index is 12.3. The lowest BCUT2D eigenvalue weighted by molar-refractivity contribution is -0.115. The Balaban J connectivity index is 1.56. The smallest absolute Gasteiger partial charge is 0.257 e. The summed E-state index contributed by atoms with van der Waals surface area (Å²) in [5.74, 6) is -0.364. The number of nitrogens with zero attached hydrogens (tertiary/aromatic N) is 2. The van der Waals surface area contributed by atoms with Gasteiger partial charge < -0.3 is 10.2 Å². The van der Waals surface area contributed by atoms with Crippen LogP contribution < -0.4 is 10.6 Å². The monoisotopic (exact) mass is 394 g/mol. The Kier molecular flexibility index (Phi) is 6.52. The van der Waals surface area contributed by atoms with Crippen LogP contribution in [-0.4, -0.2) is 35.8 Å². The van der Waals surface area contributed by atoms with Crippen molar-refractivity contribution in [1.82, 2.24) is 9.88 Å². The summed E-state index contributed by atoms with van der Waals surface area (Å²) in [7, 11) is 4.00. The molecule has 0 aliphatic rings. The molecule has 144 valence electrons. The average molecular weight is 395 g/mol. The Bertz CT molecular complexity index is 954. The van der Waals surface area contributed by atoms with Gasteiger partial charge in [-0.05, 0) is 43.9 Å². The highest BCUT2D eigenvalue weighted by molar-refractivity contribution is 7.14. The highest BCUT2D eigenvalue weighted by Gasteiger charge is 2.11. The topological polar surface area (TPSA) is 74.3 Å². The number of benzene rings is 2. The van der Waals surface area contributed by atoms with E-state index in [2.05, 4.69) is 20.5 Å². The first-order valence-electron chi connectivity index (χ1n) is 8.84. The number of thiazole rings is 1. The van der Waals surface area contributed by atoms with E-state index in [-0.39, 0.29) is 18.2 Å². The molecule has 6 nitrogen and oxygen atoms in total. The van der Waals surface area contributed by atoms with Crippen molar-refractivity contribution < 1.29 is 9.59 Å². The molecule has 0 spiro atoms. The molecule has 7 heteroatoms. The molecular weight excluding hydrogens is 372 g/mol. The molecule has 3 rings (SSSR count). The van der Waals surface area contributed by atoms with E-state index in [1.54, 1.807) is 29.6 Å². The minimum absolute atomic E-state index is 0.145. The van der Waals surface area contributed by atoms with Gasteiger partial charge in [0.25, 0.3) is 5.91 Å². The summed E-state index contributed by atoms with van der Waals surface area (Å²) in [6, 6.07) is 16.7. The van der Waals surface area contributed by atoms with E-state index in [1.807, 2.05) is 44.4 Å². The van der Waals surface area contributed by atoms with Crippen molar-refractivity contribution in [3.63, 3.8) is 0 Å². The van der Waals surface area contributed by atoms with Crippen molar-refractivity contribution in [2.45, 2.75) is 13.0 Å². The Morgan fingerprint density at radius 3 is 2.57 bits per heavy atom. The summed E-state index contributed by atoms with van der Waals surface area (Å²) >= 11 is 1.30. The maximum atomic E-state index is 12.3. The van der Waals surface area contributed by atoms with Crippen LogP contribution in [0.25, 0.3) is 0 Å². The molecule has 0 radical (unpaired) electrons. The first-order chi connectivity index (χ1) is 13.5. The van der Waals surface area contributed by atoms with Gasteiger partial charge in [-0.15, -0.1) is 11.3 Å². The molecule has 2 aromatic carbocycles. The fourth-order valence-corrected chi connectivity index (χ4v) is 3.39. The molecule has 1 heterocycles. The van der Waals surface area contributed by atoms with Crippen LogP contribution in [0.4, 0.5) is 10.8 Å². The molecular formula is C21H22N4O2S. The van der Waals surface area contributed by atoms with Gasteiger partial charge in [-0.1, -0.05) is 30.3 Å². The lowest BCUT2D eigenvalue weighted by Gasteiger charge is -2.11. The van der Waals surface area contributed by atoms with Crippen molar-refractivity contribution in [2.24, 2.45) is 0 Å². The van der Waals surface area contributed by atoms with E-state index in [0.717, 1.165) is 17.8 Å². The van der Waals surface area contributed by atoms with E-state index < -0.39 is 0 Å². The molecule has 3 aromatic rings. The Labute approximate surface area is 168 Å². The number of nitrogens with one attached hydrogen (secondary N) is 2. The zero-order valence-corrected chi connectivity index (χ0v) is 16.6. The van der Waals surface area contributed by atoms with Crippen molar-refractivity contribution in [3.05, 3.63) is 76.8 Å². The lowest BCUT2D eigenvalue weighted by atomic mass is 10.2. The molecule has 0 unspecified atom stereocenters. The molecule has 28 heavy (non-hydrogen) atoms. The summed E-state index contributed by atoms with van der Waals surface area (Å²) in [5, 5.41) is 7.92. The Morgan fingerprint density at radius 1 is 1.04 bits per heavy atom. The first kappa shape index (κ1) is 19.7. The lowest BCUT2D eigenvalue weighted by Crippen LogP contribution is -2.16. The van der Waals surface area contributed by atoms with E-state index in [1.165, 1.54) is 11.3 Å². The molecule has 2 amide bonds. The van der Waals surface area contributed by atoms with Crippen LogP contribution in [0.5, 0.6) is 0 Å². The summed E-state index contributed by atoms with van der Waals surface area (Å²) in [6.45, 7) is 0.806. The summed E-state index contributed by atoms with van der Waals surface area (Å²) in [5.41, 5.74) is 3.07. The summed E-state index contributed by atoms with van der Waals surface area (Å²) in [6.07, 6.45) is 0.148. The standard InChI is InChI=1S/C21H22N4O2S/c1-25(2)13-15-7-6-10-17(11-15)22-19(26)12-18-14-28-21(23-18)24-20(27)16-8-4-3-5-9-16/h3-11,14H,12-13H2,1-2H3,(H,22,26)(H,23,24,27). The normalized spacial score (nSPS) is 10.7. The summed E-state index contributed by atoms with van der Waals surface area (Å²) < 4.78 is 0. The number of hydrogen-bond acceptors (Lipinski definition) is 5. The zero-order valence-electron chi connectivity index (χ0n) is 15.8. The van der Waals surface area contributed by atoms with Crippen LogP contribution in [0.3, 0.4) is 0 Å². The largest absolute Gasteiger partial charge is 0.326 e. The van der Waals surface area contributed by atoms with E-state index in [0.29, 0.717) is 16.4 Å². The Morgan fingerprint density at radius 2 is 1.82 bits per heavy atom. The van der Waals surface area contributed by atoms with Crippen LogP contribution in [0.1, 0.15) is 21.6 Å². The molecule has 0 bridgehead atoms. The number of carbonyl (C=O) groups excluding carboxylic acids is 2. The van der Waals surface area contributed by atoms with E-state index in [4.69, 9.17) is 0 Å². The SMILES string of the molecule is CN(C)Cc1cccc(NC(=O)Cc2csc(NC(=O)c3ccccc3)n2)c1. The molecule has 0 fully saturated rings. The van der Waals surface area contributed by atoms with Crippen LogP contribution in [0, 0.1) is 0 Å². The molecule has 0 saturated carbocycles. The molecule has 0 aliphatic heterocycles. The third kappa shape index (κ3) is 5.73. The predicted octanol–water partition coefficient (Wildman–Crippen LogP) is 3.64. The molecule has 1 aromatic heterocycles. The second-order valence-electron chi connectivity index (χ2n) is 6.63. The quantitative estimate of drug-likeness (QED) is 0.642. The van der Waals surface area contributed by atoms with Crippen LogP contribution in [0.15, 0.2) is 60.0 Å². The second-order valence-corrected chi connectivity index (χ2v) is 7.49. The van der Waals surface area contributed by atoms with Gasteiger partial charge >= 0.3 is 0 Å². The van der Waals surface area contributed by atoms with Gasteiger partial charge in [0.05, 0.1) is 12.1 Å². The first-order valence-corrected chi connectivity index (χ1v) is 9.72. The number of rotatable bonds is 7. The number of carbonyl (C=O) groups is 2. The number of aromatic nitrogens is 1. The number of hydrogen-bond donors (Lipinski definition) is 2. The van der Waals surface area contributed by atoms with Gasteiger partial charge in [0.15, 0.2) is 5.13 Å². The summed E-state index contributed by atoms with van der Waals surface area (Å²) in [4.78, 5) is 30.9. The minimum atomic E-state index is -0.219. The van der Waals surface area contributed by atoms with Crippen LogP contribution in [0.2, 0.25) is 0 Å². The highest BCUT2D eigenvalue weighted by Crippen LogP contribution is 2.18. The van der Waals surface area contributed by atoms with Crippen molar-refractivity contribution >= 4 is 34.0 Å². The minimum Gasteiger partial charge on any atom is -0.326 e. The van der Waals surface area contributed by atoms with Crippen molar-refractivity contribution in [2.75, 3.05) is 24.7 Å². The number of anilines is 2. The van der Waals surface area contributed by atoms with Crippen molar-refractivity contribution in [1.29, 1.82) is 0 Å². The highest BCUT2D eigenvalue weighted by atomic mass is 32.1.